The van der Waals surface area contributed by atoms with Gasteiger partial charge in [-0.05, 0) is 26.2 Å². The molecule has 1 saturated heterocycles. The molecule has 98 valence electrons. The molecule has 0 radical (unpaired) electrons. The Kier molecular flexibility index (Phi) is 3.11. The van der Waals surface area contributed by atoms with E-state index in [0.29, 0.717) is 12.1 Å². The van der Waals surface area contributed by atoms with Crippen LogP contribution in [0.2, 0.25) is 0 Å². The summed E-state index contributed by atoms with van der Waals surface area (Å²) in [5.41, 5.74) is 0.864. The van der Waals surface area contributed by atoms with E-state index in [0.717, 1.165) is 35.3 Å². The summed E-state index contributed by atoms with van der Waals surface area (Å²) in [5, 5.41) is 0.998. The normalized spacial score (nSPS) is 27.3. The fraction of sp³-hybridized carbons (Fsp3) is 0.692. The number of aryl methyl sites for hydroxylation is 1. The van der Waals surface area contributed by atoms with Gasteiger partial charge in [0.05, 0.1) is 29.3 Å². The maximum absolute atomic E-state index is 11.5. The average molecular weight is 266 g/mol. The van der Waals surface area contributed by atoms with Crippen LogP contribution in [-0.2, 0) is 4.74 Å². The number of rotatable bonds is 2. The first-order valence-electron chi connectivity index (χ1n) is 6.53. The number of thiazole rings is 1. The number of carbonyl (C=O) groups is 1. The number of Topliss-reactive ketones (excluding diaryl/α,β-unsaturated/α-hetero) is 1. The number of morpholine rings is 1. The molecule has 2 atom stereocenters. The predicted octanol–water partition coefficient (Wildman–Crippen LogP) is 2.41. The summed E-state index contributed by atoms with van der Waals surface area (Å²) in [6, 6.07) is 0.462. The highest BCUT2D eigenvalue weighted by Crippen LogP contribution is 2.35. The first kappa shape index (κ1) is 12.1. The Morgan fingerprint density at radius 1 is 1.50 bits per heavy atom. The van der Waals surface area contributed by atoms with E-state index in [1.54, 1.807) is 6.92 Å². The third-order valence-electron chi connectivity index (χ3n) is 3.83. The van der Waals surface area contributed by atoms with Gasteiger partial charge in [0.2, 0.25) is 0 Å². The lowest BCUT2D eigenvalue weighted by molar-refractivity contribution is 0.0256. The molecule has 4 nitrogen and oxygen atoms in total. The molecule has 5 heteroatoms. The number of ketones is 1. The van der Waals surface area contributed by atoms with Crippen LogP contribution in [0.25, 0.3) is 0 Å². The lowest BCUT2D eigenvalue weighted by Gasteiger charge is -2.37. The van der Waals surface area contributed by atoms with Crippen LogP contribution in [0.4, 0.5) is 5.13 Å². The van der Waals surface area contributed by atoms with E-state index in [1.165, 1.54) is 24.2 Å². The van der Waals surface area contributed by atoms with Crippen LogP contribution < -0.4 is 4.90 Å². The minimum Gasteiger partial charge on any atom is -0.374 e. The van der Waals surface area contributed by atoms with Gasteiger partial charge in [-0.15, -0.1) is 0 Å². The Bertz CT molecular complexity index is 472. The first-order chi connectivity index (χ1) is 8.66. The number of carbonyl (C=O) groups excluding carboxylic acids is 1. The fourth-order valence-electron chi connectivity index (χ4n) is 2.99. The third kappa shape index (κ3) is 1.95. The van der Waals surface area contributed by atoms with Crippen LogP contribution in [-0.4, -0.2) is 36.1 Å². The summed E-state index contributed by atoms with van der Waals surface area (Å²) in [7, 11) is 0. The molecule has 1 aliphatic heterocycles. The zero-order valence-electron chi connectivity index (χ0n) is 10.8. The van der Waals surface area contributed by atoms with Gasteiger partial charge in [-0.2, -0.15) is 0 Å². The summed E-state index contributed by atoms with van der Waals surface area (Å²) in [6.45, 7) is 5.20. The molecule has 18 heavy (non-hydrogen) atoms. The molecule has 0 amide bonds. The molecule has 1 saturated carbocycles. The van der Waals surface area contributed by atoms with Crippen LogP contribution in [0.3, 0.4) is 0 Å². The number of anilines is 1. The summed E-state index contributed by atoms with van der Waals surface area (Å²) >= 11 is 1.53. The number of aromatic nitrogens is 1. The van der Waals surface area contributed by atoms with Crippen molar-refractivity contribution in [2.75, 3.05) is 18.1 Å². The van der Waals surface area contributed by atoms with Crippen molar-refractivity contribution >= 4 is 22.3 Å². The largest absolute Gasteiger partial charge is 0.374 e. The zero-order valence-corrected chi connectivity index (χ0v) is 11.6. The highest BCUT2D eigenvalue weighted by molar-refractivity contribution is 7.17. The third-order valence-corrected chi connectivity index (χ3v) is 5.13. The monoisotopic (exact) mass is 266 g/mol. The van der Waals surface area contributed by atoms with Gasteiger partial charge in [-0.25, -0.2) is 4.98 Å². The van der Waals surface area contributed by atoms with Crippen molar-refractivity contribution in [3.8, 4) is 0 Å². The van der Waals surface area contributed by atoms with Gasteiger partial charge in [0.1, 0.15) is 0 Å². The van der Waals surface area contributed by atoms with Gasteiger partial charge in [0, 0.05) is 13.5 Å². The maximum atomic E-state index is 11.5. The van der Waals surface area contributed by atoms with Gasteiger partial charge in [-0.1, -0.05) is 11.3 Å². The molecule has 1 aromatic rings. The zero-order chi connectivity index (χ0) is 12.7. The van der Waals surface area contributed by atoms with E-state index in [9.17, 15) is 4.79 Å². The van der Waals surface area contributed by atoms with E-state index in [-0.39, 0.29) is 5.78 Å². The molecular weight excluding hydrogens is 248 g/mol. The highest BCUT2D eigenvalue weighted by atomic mass is 32.1. The van der Waals surface area contributed by atoms with Crippen LogP contribution in [0, 0.1) is 6.92 Å². The maximum Gasteiger partial charge on any atom is 0.186 e. The number of hydrogen-bond acceptors (Lipinski definition) is 5. The Balaban J connectivity index is 1.89. The van der Waals surface area contributed by atoms with Crippen LogP contribution in [0.5, 0.6) is 0 Å². The molecule has 0 bridgehead atoms. The molecular formula is C13H18N2O2S. The highest BCUT2D eigenvalue weighted by Gasteiger charge is 2.37. The van der Waals surface area contributed by atoms with E-state index >= 15 is 0 Å². The van der Waals surface area contributed by atoms with Crippen LogP contribution in [0.1, 0.15) is 41.6 Å². The number of fused-ring (bicyclic) bond motifs is 1. The Morgan fingerprint density at radius 2 is 2.33 bits per heavy atom. The van der Waals surface area contributed by atoms with Gasteiger partial charge in [0.25, 0.3) is 0 Å². The van der Waals surface area contributed by atoms with Crippen molar-refractivity contribution in [3.63, 3.8) is 0 Å². The van der Waals surface area contributed by atoms with E-state index in [1.807, 2.05) is 6.92 Å². The molecule has 2 aliphatic rings. The first-order valence-corrected chi connectivity index (χ1v) is 7.35. The lowest BCUT2D eigenvalue weighted by atomic mass is 10.1. The molecule has 3 rings (SSSR count). The van der Waals surface area contributed by atoms with E-state index in [4.69, 9.17) is 4.74 Å². The van der Waals surface area contributed by atoms with Crippen molar-refractivity contribution in [3.05, 3.63) is 10.6 Å². The van der Waals surface area contributed by atoms with Crippen LogP contribution >= 0.6 is 11.3 Å². The summed E-state index contributed by atoms with van der Waals surface area (Å²) < 4.78 is 5.81. The smallest absolute Gasteiger partial charge is 0.186 e. The van der Waals surface area contributed by atoms with Crippen LogP contribution in [0.15, 0.2) is 0 Å². The summed E-state index contributed by atoms with van der Waals surface area (Å²) in [6.07, 6.45) is 3.93. The number of ether oxygens (including phenoxy) is 1. The predicted molar refractivity (Wildman–Crippen MR) is 71.6 cm³/mol. The topological polar surface area (TPSA) is 42.4 Å². The second-order valence-corrected chi connectivity index (χ2v) is 6.05. The second-order valence-electron chi connectivity index (χ2n) is 5.07. The molecule has 0 spiro atoms. The van der Waals surface area contributed by atoms with Gasteiger partial charge in [0.15, 0.2) is 10.9 Å². The lowest BCUT2D eigenvalue weighted by Crippen LogP contribution is -2.48. The van der Waals surface area contributed by atoms with Crippen molar-refractivity contribution in [2.45, 2.75) is 45.3 Å². The van der Waals surface area contributed by atoms with Crippen molar-refractivity contribution in [1.82, 2.24) is 4.98 Å². The van der Waals surface area contributed by atoms with E-state index in [2.05, 4.69) is 9.88 Å². The summed E-state index contributed by atoms with van der Waals surface area (Å²) in [5.74, 6) is 0.118. The molecule has 1 aliphatic carbocycles. The number of hydrogen-bond donors (Lipinski definition) is 0. The Morgan fingerprint density at radius 3 is 3.06 bits per heavy atom. The van der Waals surface area contributed by atoms with Crippen molar-refractivity contribution < 1.29 is 9.53 Å². The fourth-order valence-corrected chi connectivity index (χ4v) is 4.04. The molecule has 1 aromatic heterocycles. The van der Waals surface area contributed by atoms with Crippen molar-refractivity contribution in [1.29, 1.82) is 0 Å². The molecule has 2 fully saturated rings. The Hall–Kier alpha value is -0.940. The molecule has 0 N–H and O–H groups in total. The quantitative estimate of drug-likeness (QED) is 0.771. The standard InChI is InChI=1S/C13H18N2O2S/c1-8-12(9(2)16)18-13(14-8)15-6-7-17-11-5-3-4-10(11)15/h10-11H,3-7H2,1-2H3. The van der Waals surface area contributed by atoms with Gasteiger partial charge in [-0.3, -0.25) is 4.79 Å². The van der Waals surface area contributed by atoms with Gasteiger partial charge >= 0.3 is 0 Å². The van der Waals surface area contributed by atoms with E-state index < -0.39 is 0 Å². The molecule has 2 unspecified atom stereocenters. The second kappa shape index (κ2) is 4.63. The van der Waals surface area contributed by atoms with Crippen molar-refractivity contribution in [2.24, 2.45) is 0 Å². The Labute approximate surface area is 111 Å². The molecule has 0 aromatic carbocycles. The number of nitrogens with zero attached hydrogens (tertiary/aromatic N) is 2. The minimum absolute atomic E-state index is 0.118. The summed E-state index contributed by atoms with van der Waals surface area (Å²) in [4.78, 5) is 19.3. The average Bonchev–Trinajstić information content (AvgIpc) is 2.94. The molecule has 2 heterocycles. The SMILES string of the molecule is CC(=O)c1sc(N2CCOC3CCCC32)nc1C. The van der Waals surface area contributed by atoms with Gasteiger partial charge < -0.3 is 9.64 Å². The minimum atomic E-state index is 0.118.